The van der Waals surface area contributed by atoms with Gasteiger partial charge in [-0.3, -0.25) is 0 Å². The maximum atomic E-state index is 16.8. The van der Waals surface area contributed by atoms with Gasteiger partial charge >= 0.3 is 0 Å². The number of para-hydroxylation sites is 2. The highest BCUT2D eigenvalue weighted by molar-refractivity contribution is 6.30. The molecule has 0 amide bonds. The van der Waals surface area contributed by atoms with Crippen LogP contribution in [0.5, 0.6) is 0 Å². The van der Waals surface area contributed by atoms with E-state index in [2.05, 4.69) is 145 Å². The molecular formula is C134H90F10N4. The molecule has 0 saturated carbocycles. The molecule has 24 aromatic rings. The van der Waals surface area contributed by atoms with Gasteiger partial charge in [0.25, 0.3) is 0 Å². The molecule has 14 heteroatoms. The predicted octanol–water partition coefficient (Wildman–Crippen LogP) is 39.5. The van der Waals surface area contributed by atoms with Crippen molar-refractivity contribution in [3.63, 3.8) is 0 Å². The number of halogens is 10. The van der Waals surface area contributed by atoms with Crippen LogP contribution in [-0.2, 0) is 12.8 Å². The van der Waals surface area contributed by atoms with Crippen LogP contribution in [0.2, 0.25) is 0 Å². The second-order valence-corrected chi connectivity index (χ2v) is 37.5. The van der Waals surface area contributed by atoms with Crippen molar-refractivity contribution in [2.45, 2.75) is 40.5 Å². The first kappa shape index (κ1) is 93.5. The molecule has 0 atom stereocenters. The molecule has 0 heterocycles. The van der Waals surface area contributed by atoms with Gasteiger partial charge in [-0.1, -0.05) is 232 Å². The van der Waals surface area contributed by atoms with Crippen LogP contribution in [0.25, 0.3) is 154 Å². The third kappa shape index (κ3) is 18.0. The van der Waals surface area contributed by atoms with Gasteiger partial charge in [-0.2, -0.15) is 0 Å². The van der Waals surface area contributed by atoms with Crippen molar-refractivity contribution in [1.29, 1.82) is 0 Å². The van der Waals surface area contributed by atoms with Crippen LogP contribution < -0.4 is 19.6 Å². The summed E-state index contributed by atoms with van der Waals surface area (Å²) in [6.07, 6.45) is 1.75. The molecule has 0 fully saturated rings. The van der Waals surface area contributed by atoms with Gasteiger partial charge in [0.05, 0.1) is 34.1 Å². The highest BCUT2D eigenvalue weighted by Crippen LogP contribution is 2.55. The lowest BCUT2D eigenvalue weighted by Crippen LogP contribution is -2.15. The zero-order valence-corrected chi connectivity index (χ0v) is 80.7. The molecule has 0 aliphatic carbocycles. The maximum absolute atomic E-state index is 16.8. The summed E-state index contributed by atoms with van der Waals surface area (Å²) in [5, 5.41) is 11.4. The van der Waals surface area contributed by atoms with E-state index < -0.39 is 34.9 Å². The fourth-order valence-electron chi connectivity index (χ4n) is 21.2. The van der Waals surface area contributed by atoms with Crippen LogP contribution in [0, 0.1) is 72.0 Å². The van der Waals surface area contributed by atoms with E-state index >= 15 is 8.78 Å². The molecule has 0 aliphatic heterocycles. The third-order valence-corrected chi connectivity index (χ3v) is 28.2. The molecule has 0 saturated heterocycles. The summed E-state index contributed by atoms with van der Waals surface area (Å²) in [4.78, 5) is 8.27. The van der Waals surface area contributed by atoms with E-state index in [-0.39, 0.29) is 23.3 Å². The third-order valence-electron chi connectivity index (χ3n) is 28.2. The first-order chi connectivity index (χ1) is 72.1. The van der Waals surface area contributed by atoms with E-state index in [0.717, 1.165) is 134 Å². The van der Waals surface area contributed by atoms with E-state index in [4.69, 9.17) is 0 Å². The monoisotopic (exact) mass is 1940 g/mol. The smallest absolute Gasteiger partial charge is 0.147 e. The van der Waals surface area contributed by atoms with E-state index in [1.54, 1.807) is 84.9 Å². The Kier molecular flexibility index (Phi) is 24.8. The Morgan fingerprint density at radius 1 is 0.169 bits per heavy atom. The van der Waals surface area contributed by atoms with Crippen LogP contribution in [0.1, 0.15) is 36.1 Å². The summed E-state index contributed by atoms with van der Waals surface area (Å²) >= 11 is 0. The summed E-state index contributed by atoms with van der Waals surface area (Å²) in [5.41, 5.74) is 22.8. The SMILES string of the molecule is CCc1ccc(N(c2cc(-c3cccc(F)c3)cc(-c3cccc(F)c3)c2)c2ccc3ccc4c(N(c5ccc(CC)cc5)c5cc(-c6cccc(F)c6)cc(-c6cccc(F)c6)c5)ccc5ccc2c3c54)cc1.Cc1cccc(F)c1N(c1cc(-c2cccc(F)c2)cc(-c2cccc(F)c2)c1)c1ccc2ccc3c(N(c4cc(-c5cccc(F)c5)cc(-c5cccc(F)c5)c4)c4c(C)cccc4F)ccc4ccc1c2c43. The Bertz CT molecular complexity index is 8450. The molecule has 0 unspecified atom stereocenters. The average molecular weight is 1950 g/mol. The van der Waals surface area contributed by atoms with Crippen molar-refractivity contribution in [2.24, 2.45) is 0 Å². The molecule has 716 valence electrons. The molecule has 0 aliphatic rings. The molecule has 24 aromatic carbocycles. The van der Waals surface area contributed by atoms with Gasteiger partial charge in [-0.25, -0.2) is 43.9 Å². The summed E-state index contributed by atoms with van der Waals surface area (Å²) < 4.78 is 153. The minimum Gasteiger partial charge on any atom is -0.310 e. The van der Waals surface area contributed by atoms with Gasteiger partial charge in [0.1, 0.15) is 58.2 Å². The van der Waals surface area contributed by atoms with E-state index in [0.29, 0.717) is 112 Å². The summed E-state index contributed by atoms with van der Waals surface area (Å²) in [5.74, 6) is -4.05. The summed E-state index contributed by atoms with van der Waals surface area (Å²) in [6.45, 7) is 7.97. The molecule has 148 heavy (non-hydrogen) atoms. The standard InChI is InChI=1S/C68H48F4N2.C66H42F6N2/c1-3-43-17-25-59(26-18-43)73(61-39-51(47-9-5-13-55(69)35-47)33-52(40-61)48-10-6-14-56(70)36-48)65-31-23-45-22-30-64-66(32-24-46-21-29-63(65)67(45)68(46)64)74(60-27-19-44(4-2)20-28-60)62-41-53(49-11-7-15-57(71)37-49)34-54(42-62)50-12-8-16-58(72)38-50;1-39-9-3-19-59(71)65(39)73(55-35-47(43-11-5-15-51(67)31-43)29-48(36-55)44-12-6-16-52(68)32-44)61-27-23-41-22-26-58-62(28-24-42-21-25-57(61)63(41)64(42)58)74(66-40(2)10-4-20-60(66)72)56-37-49(45-13-7-17-53(69)33-45)30-50(38-56)46-14-8-18-54(70)34-46/h5-42H,3-4H2,1-2H3;3-38H,1-2H3. The molecule has 0 bridgehead atoms. The number of benzene rings is 24. The van der Waals surface area contributed by atoms with Crippen molar-refractivity contribution in [1.82, 2.24) is 0 Å². The fraction of sp³-hybridized carbons (Fsp3) is 0.0448. The van der Waals surface area contributed by atoms with Crippen molar-refractivity contribution < 1.29 is 43.9 Å². The Hall–Kier alpha value is -18.1. The summed E-state index contributed by atoms with van der Waals surface area (Å²) in [7, 11) is 0. The molecule has 4 nitrogen and oxygen atoms in total. The lowest BCUT2D eigenvalue weighted by Gasteiger charge is -2.31. The molecule has 0 N–H and O–H groups in total. The first-order valence-electron chi connectivity index (χ1n) is 49.1. The summed E-state index contributed by atoms with van der Waals surface area (Å²) in [6, 6.07) is 135. The number of hydrogen-bond acceptors (Lipinski definition) is 4. The second-order valence-electron chi connectivity index (χ2n) is 37.5. The van der Waals surface area contributed by atoms with Gasteiger partial charge < -0.3 is 19.6 Å². The van der Waals surface area contributed by atoms with Crippen molar-refractivity contribution in [2.75, 3.05) is 19.6 Å². The van der Waals surface area contributed by atoms with Gasteiger partial charge in [0.2, 0.25) is 0 Å². The minimum atomic E-state index is -0.476. The van der Waals surface area contributed by atoms with Gasteiger partial charge in [-0.05, 0) is 412 Å². The molecule has 0 aromatic heterocycles. The van der Waals surface area contributed by atoms with Crippen LogP contribution in [-0.4, -0.2) is 0 Å². The van der Waals surface area contributed by atoms with E-state index in [1.807, 2.05) is 157 Å². The molecule has 0 spiro atoms. The Labute approximate surface area is 849 Å². The van der Waals surface area contributed by atoms with Crippen LogP contribution in [0.3, 0.4) is 0 Å². The van der Waals surface area contributed by atoms with Crippen molar-refractivity contribution >= 4 is 133 Å². The number of rotatable bonds is 22. The van der Waals surface area contributed by atoms with Gasteiger partial charge in [0.15, 0.2) is 0 Å². The Morgan fingerprint density at radius 2 is 0.365 bits per heavy atom. The highest BCUT2D eigenvalue weighted by Gasteiger charge is 2.31. The van der Waals surface area contributed by atoms with Crippen LogP contribution in [0.15, 0.2) is 449 Å². The average Bonchev–Trinajstić information content (AvgIpc) is 0.718. The zero-order valence-electron chi connectivity index (χ0n) is 80.7. The molecular weight excluding hydrogens is 1860 g/mol. The second kappa shape index (κ2) is 39.2. The molecule has 0 radical (unpaired) electrons. The van der Waals surface area contributed by atoms with E-state index in [1.165, 1.54) is 120 Å². The highest BCUT2D eigenvalue weighted by atomic mass is 19.2. The van der Waals surface area contributed by atoms with Crippen molar-refractivity contribution in [3.05, 3.63) is 529 Å². The Balaban J connectivity index is 0.000000163. The normalized spacial score (nSPS) is 11.5. The number of anilines is 12. The predicted molar refractivity (Wildman–Crippen MR) is 590 cm³/mol. The maximum Gasteiger partial charge on any atom is 0.147 e. The largest absolute Gasteiger partial charge is 0.310 e. The van der Waals surface area contributed by atoms with Crippen LogP contribution >= 0.6 is 0 Å². The number of nitrogens with zero attached hydrogens (tertiary/aromatic N) is 4. The van der Waals surface area contributed by atoms with Gasteiger partial charge in [-0.15, -0.1) is 0 Å². The fourth-order valence-corrected chi connectivity index (χ4v) is 21.2. The lowest BCUT2D eigenvalue weighted by molar-refractivity contribution is 0.627. The minimum absolute atomic E-state index is 0.290. The first-order valence-corrected chi connectivity index (χ1v) is 49.1. The lowest BCUT2D eigenvalue weighted by atomic mass is 9.91. The van der Waals surface area contributed by atoms with Gasteiger partial charge in [0, 0.05) is 55.7 Å². The van der Waals surface area contributed by atoms with Crippen molar-refractivity contribution in [3.8, 4) is 89.0 Å². The van der Waals surface area contributed by atoms with Crippen LogP contribution in [0.4, 0.5) is 112 Å². The quantitative estimate of drug-likeness (QED) is 0.0495. The van der Waals surface area contributed by atoms with E-state index in [9.17, 15) is 35.1 Å². The zero-order chi connectivity index (χ0) is 101. The Morgan fingerprint density at radius 3 is 0.568 bits per heavy atom. The topological polar surface area (TPSA) is 13.0 Å². The molecule has 24 rings (SSSR count). The number of hydrogen-bond donors (Lipinski definition) is 0. The number of aryl methyl sites for hydroxylation is 4.